The second-order valence-electron chi connectivity index (χ2n) is 6.28. The molecule has 2 fully saturated rings. The number of amides is 1. The number of carbonyl (C=O) groups excluding carboxylic acids is 1. The smallest absolute Gasteiger partial charge is 0.261 e. The van der Waals surface area contributed by atoms with Crippen molar-refractivity contribution in [3.63, 3.8) is 0 Å². The maximum absolute atomic E-state index is 12.3. The number of hydrogen-bond donors (Lipinski definition) is 1. The zero-order chi connectivity index (χ0) is 15.8. The van der Waals surface area contributed by atoms with Crippen LogP contribution in [0.4, 0.5) is 0 Å². The molecule has 1 N–H and O–H groups in total. The second kappa shape index (κ2) is 6.19. The van der Waals surface area contributed by atoms with Crippen LogP contribution in [0.25, 0.3) is 10.2 Å². The van der Waals surface area contributed by atoms with Crippen molar-refractivity contribution < 1.29 is 9.53 Å². The van der Waals surface area contributed by atoms with Crippen LogP contribution in [0.5, 0.6) is 0 Å². The molecule has 0 radical (unpaired) electrons. The summed E-state index contributed by atoms with van der Waals surface area (Å²) in [4.78, 5) is 21.1. The maximum Gasteiger partial charge on any atom is 0.261 e. The minimum absolute atomic E-state index is 0.0119. The molecule has 4 rings (SSSR count). The lowest BCUT2D eigenvalue weighted by Gasteiger charge is -2.41. The first kappa shape index (κ1) is 15.1. The zero-order valence-corrected chi connectivity index (χ0v) is 14.1. The number of ether oxygens (including phenoxy) is 1. The molecule has 0 aromatic carbocycles. The third kappa shape index (κ3) is 2.65. The van der Waals surface area contributed by atoms with E-state index in [0.717, 1.165) is 54.2 Å². The molecule has 2 aliphatic rings. The molecule has 0 aliphatic carbocycles. The summed E-state index contributed by atoms with van der Waals surface area (Å²) < 4.78 is 5.31. The Bertz CT molecular complexity index is 718. The number of nitrogens with zero attached hydrogens (tertiary/aromatic N) is 2. The Hall–Kier alpha value is -1.50. The van der Waals surface area contributed by atoms with Gasteiger partial charge in [-0.15, -0.1) is 11.3 Å². The van der Waals surface area contributed by atoms with E-state index < -0.39 is 0 Å². The van der Waals surface area contributed by atoms with E-state index in [0.29, 0.717) is 12.0 Å². The van der Waals surface area contributed by atoms with Gasteiger partial charge in [-0.1, -0.05) is 6.07 Å². The van der Waals surface area contributed by atoms with Crippen LogP contribution in [-0.4, -0.2) is 55.2 Å². The van der Waals surface area contributed by atoms with Gasteiger partial charge >= 0.3 is 0 Å². The quantitative estimate of drug-likeness (QED) is 0.937. The Balaban J connectivity index is 1.63. The topological polar surface area (TPSA) is 54.5 Å². The SMILES string of the molecule is CNC(=O)c1sc2ncccc2c1C1CCN(C2COC2)CC1. The van der Waals surface area contributed by atoms with Gasteiger partial charge in [0.05, 0.1) is 24.1 Å². The molecular weight excluding hydrogens is 310 g/mol. The number of thiophene rings is 1. The van der Waals surface area contributed by atoms with Crippen molar-refractivity contribution in [3.8, 4) is 0 Å². The highest BCUT2D eigenvalue weighted by Gasteiger charge is 2.32. The first-order valence-corrected chi connectivity index (χ1v) is 9.01. The lowest BCUT2D eigenvalue weighted by atomic mass is 9.87. The Morgan fingerprint density at radius 3 is 2.83 bits per heavy atom. The summed E-state index contributed by atoms with van der Waals surface area (Å²) in [6, 6.07) is 4.68. The summed E-state index contributed by atoms with van der Waals surface area (Å²) >= 11 is 1.52. The van der Waals surface area contributed by atoms with Crippen LogP contribution >= 0.6 is 11.3 Å². The first-order chi connectivity index (χ1) is 11.3. The van der Waals surface area contributed by atoms with Gasteiger partial charge < -0.3 is 10.1 Å². The fourth-order valence-electron chi connectivity index (χ4n) is 3.63. The number of nitrogens with one attached hydrogen (secondary N) is 1. The number of rotatable bonds is 3. The average Bonchev–Trinajstić information content (AvgIpc) is 2.93. The third-order valence-electron chi connectivity index (χ3n) is 5.01. The monoisotopic (exact) mass is 331 g/mol. The highest BCUT2D eigenvalue weighted by atomic mass is 32.1. The number of fused-ring (bicyclic) bond motifs is 1. The molecular formula is C17H21N3O2S. The van der Waals surface area contributed by atoms with E-state index in [9.17, 15) is 4.79 Å². The number of likely N-dealkylation sites (tertiary alicyclic amines) is 1. The summed E-state index contributed by atoms with van der Waals surface area (Å²) in [5.74, 6) is 0.454. The van der Waals surface area contributed by atoms with Gasteiger partial charge in [0, 0.05) is 18.6 Å². The van der Waals surface area contributed by atoms with Gasteiger partial charge in [0.1, 0.15) is 4.83 Å². The number of aromatic nitrogens is 1. The fourth-order valence-corrected chi connectivity index (χ4v) is 4.80. The van der Waals surface area contributed by atoms with Crippen molar-refractivity contribution >= 4 is 27.5 Å². The molecule has 2 aliphatic heterocycles. The van der Waals surface area contributed by atoms with Gasteiger partial charge in [-0.05, 0) is 43.5 Å². The fraction of sp³-hybridized carbons (Fsp3) is 0.529. The van der Waals surface area contributed by atoms with Gasteiger partial charge in [-0.2, -0.15) is 0 Å². The number of carbonyl (C=O) groups is 1. The van der Waals surface area contributed by atoms with Crippen LogP contribution in [0.2, 0.25) is 0 Å². The van der Waals surface area contributed by atoms with Gasteiger partial charge in [0.25, 0.3) is 5.91 Å². The van der Waals surface area contributed by atoms with Gasteiger partial charge in [0.15, 0.2) is 0 Å². The second-order valence-corrected chi connectivity index (χ2v) is 7.28. The molecule has 0 saturated carbocycles. The van der Waals surface area contributed by atoms with Crippen molar-refractivity contribution in [1.29, 1.82) is 0 Å². The van der Waals surface area contributed by atoms with Crippen molar-refractivity contribution in [2.24, 2.45) is 0 Å². The molecule has 122 valence electrons. The minimum Gasteiger partial charge on any atom is -0.378 e. The van der Waals surface area contributed by atoms with Gasteiger partial charge in [-0.3, -0.25) is 9.69 Å². The third-order valence-corrected chi connectivity index (χ3v) is 6.14. The molecule has 6 heteroatoms. The Kier molecular flexibility index (Phi) is 4.05. The van der Waals surface area contributed by atoms with Crippen molar-refractivity contribution in [1.82, 2.24) is 15.2 Å². The van der Waals surface area contributed by atoms with E-state index in [-0.39, 0.29) is 5.91 Å². The van der Waals surface area contributed by atoms with Crippen LogP contribution < -0.4 is 5.32 Å². The molecule has 23 heavy (non-hydrogen) atoms. The van der Waals surface area contributed by atoms with E-state index in [1.54, 1.807) is 13.2 Å². The number of pyridine rings is 1. The normalized spacial score (nSPS) is 20.6. The number of piperidine rings is 1. The lowest BCUT2D eigenvalue weighted by Crippen LogP contribution is -2.51. The molecule has 1 amide bonds. The highest BCUT2D eigenvalue weighted by molar-refractivity contribution is 7.20. The molecule has 2 saturated heterocycles. The van der Waals surface area contributed by atoms with Gasteiger partial charge in [0.2, 0.25) is 0 Å². The van der Waals surface area contributed by atoms with Crippen LogP contribution in [-0.2, 0) is 4.74 Å². The molecule has 5 nitrogen and oxygen atoms in total. The van der Waals surface area contributed by atoms with Crippen LogP contribution in [0.1, 0.15) is 34.0 Å². The summed E-state index contributed by atoms with van der Waals surface area (Å²) in [7, 11) is 1.70. The van der Waals surface area contributed by atoms with Crippen molar-refractivity contribution in [2.45, 2.75) is 24.8 Å². The maximum atomic E-state index is 12.3. The predicted octanol–water partition coefficient (Wildman–Crippen LogP) is 2.23. The van der Waals surface area contributed by atoms with E-state index in [2.05, 4.69) is 21.3 Å². The first-order valence-electron chi connectivity index (χ1n) is 8.19. The van der Waals surface area contributed by atoms with Crippen molar-refractivity contribution in [3.05, 3.63) is 28.8 Å². The zero-order valence-electron chi connectivity index (χ0n) is 13.2. The van der Waals surface area contributed by atoms with E-state index >= 15 is 0 Å². The van der Waals surface area contributed by atoms with E-state index in [4.69, 9.17) is 4.74 Å². The van der Waals surface area contributed by atoms with Crippen molar-refractivity contribution in [2.75, 3.05) is 33.4 Å². The lowest BCUT2D eigenvalue weighted by molar-refractivity contribution is -0.0712. The van der Waals surface area contributed by atoms with E-state index in [1.807, 2.05) is 6.07 Å². The molecule has 0 atom stereocenters. The highest BCUT2D eigenvalue weighted by Crippen LogP contribution is 2.40. The Morgan fingerprint density at radius 1 is 1.39 bits per heavy atom. The molecule has 0 spiro atoms. The molecule has 0 bridgehead atoms. The van der Waals surface area contributed by atoms with Gasteiger partial charge in [-0.25, -0.2) is 4.98 Å². The van der Waals surface area contributed by atoms with Crippen LogP contribution in [0, 0.1) is 0 Å². The minimum atomic E-state index is 0.0119. The summed E-state index contributed by atoms with van der Waals surface area (Å²) in [6.45, 7) is 3.92. The summed E-state index contributed by atoms with van der Waals surface area (Å²) in [5, 5.41) is 3.94. The standard InChI is InChI=1S/C17H21N3O2S/c1-18-16(21)15-14(13-3-2-6-19-17(13)23-15)11-4-7-20(8-5-11)12-9-22-10-12/h2-3,6,11-12H,4-5,7-10H2,1H3,(H,18,21). The van der Waals surface area contributed by atoms with E-state index in [1.165, 1.54) is 16.9 Å². The summed E-state index contributed by atoms with van der Waals surface area (Å²) in [6.07, 6.45) is 4.00. The predicted molar refractivity (Wildman–Crippen MR) is 91.2 cm³/mol. The molecule has 2 aromatic heterocycles. The summed E-state index contributed by atoms with van der Waals surface area (Å²) in [5.41, 5.74) is 1.21. The van der Waals surface area contributed by atoms with Crippen LogP contribution in [0.3, 0.4) is 0 Å². The Labute approximate surface area is 139 Å². The Morgan fingerprint density at radius 2 is 2.17 bits per heavy atom. The average molecular weight is 331 g/mol. The largest absolute Gasteiger partial charge is 0.378 e. The molecule has 0 unspecified atom stereocenters. The van der Waals surface area contributed by atoms with Crippen LogP contribution in [0.15, 0.2) is 18.3 Å². The molecule has 2 aromatic rings. The number of hydrogen-bond acceptors (Lipinski definition) is 5. The molecule has 4 heterocycles.